The van der Waals surface area contributed by atoms with E-state index in [1.807, 2.05) is 53.4 Å². The van der Waals surface area contributed by atoms with Gasteiger partial charge in [0, 0.05) is 31.1 Å². The minimum absolute atomic E-state index is 0.189. The second kappa shape index (κ2) is 8.75. The molecule has 31 heavy (non-hydrogen) atoms. The predicted octanol–water partition coefficient (Wildman–Crippen LogP) is 3.33. The Balaban J connectivity index is 1.56. The number of fused-ring (bicyclic) bond motifs is 1. The summed E-state index contributed by atoms with van der Waals surface area (Å²) in [6, 6.07) is 17.8. The Morgan fingerprint density at radius 2 is 1.61 bits per heavy atom. The van der Waals surface area contributed by atoms with Gasteiger partial charge in [0.1, 0.15) is 30.0 Å². The van der Waals surface area contributed by atoms with Gasteiger partial charge in [-0.15, -0.1) is 0 Å². The summed E-state index contributed by atoms with van der Waals surface area (Å²) in [6.45, 7) is 3.63. The van der Waals surface area contributed by atoms with Crippen LogP contribution < -0.4 is 14.2 Å². The summed E-state index contributed by atoms with van der Waals surface area (Å²) < 4.78 is 16.8. The first-order valence-electron chi connectivity index (χ1n) is 10.4. The number of ether oxygens (including phenoxy) is 3. The van der Waals surface area contributed by atoms with E-state index in [2.05, 4.69) is 6.07 Å². The van der Waals surface area contributed by atoms with Crippen LogP contribution in [0.2, 0.25) is 0 Å². The molecule has 3 aromatic rings. The molecule has 1 aliphatic heterocycles. The van der Waals surface area contributed by atoms with Gasteiger partial charge in [-0.3, -0.25) is 4.90 Å². The first-order chi connectivity index (χ1) is 14.9. The molecule has 0 aromatic heterocycles. The Bertz CT molecular complexity index is 1030. The van der Waals surface area contributed by atoms with Crippen molar-refractivity contribution < 1.29 is 24.4 Å². The van der Waals surface area contributed by atoms with Crippen molar-refractivity contribution in [2.45, 2.75) is 18.6 Å². The lowest BCUT2D eigenvalue weighted by Crippen LogP contribution is -2.61. The van der Waals surface area contributed by atoms with Gasteiger partial charge in [0.25, 0.3) is 0 Å². The lowest BCUT2D eigenvalue weighted by Gasteiger charge is -2.44. The van der Waals surface area contributed by atoms with E-state index in [9.17, 15) is 10.2 Å². The molecule has 1 atom stereocenters. The van der Waals surface area contributed by atoms with Gasteiger partial charge in [-0.05, 0) is 41.6 Å². The lowest BCUT2D eigenvalue weighted by atomic mass is 9.96. The number of β-amino-alcohol motifs (C(OH)–C–C–N with tert-alkyl or cyclic N) is 2. The highest BCUT2D eigenvalue weighted by Gasteiger charge is 2.37. The third-order valence-electron chi connectivity index (χ3n) is 5.58. The Kier molecular flexibility index (Phi) is 6.05. The largest absolute Gasteiger partial charge is 0.497 e. The summed E-state index contributed by atoms with van der Waals surface area (Å²) >= 11 is 0. The van der Waals surface area contributed by atoms with E-state index >= 15 is 0 Å². The summed E-state index contributed by atoms with van der Waals surface area (Å²) in [6.07, 6.45) is -0.628. The van der Waals surface area contributed by atoms with Gasteiger partial charge in [0.2, 0.25) is 0 Å². The zero-order valence-electron chi connectivity index (χ0n) is 18.2. The Morgan fingerprint density at radius 1 is 0.968 bits per heavy atom. The molecule has 0 aliphatic carbocycles. The van der Waals surface area contributed by atoms with Crippen molar-refractivity contribution in [1.29, 1.82) is 0 Å². The van der Waals surface area contributed by atoms with E-state index in [0.29, 0.717) is 19.6 Å². The molecule has 2 N–H and O–H groups in total. The number of aliphatic hydroxyl groups is 2. The van der Waals surface area contributed by atoms with Gasteiger partial charge in [-0.25, -0.2) is 0 Å². The standard InChI is InChI=1S/C25H29NO5/c1-25(28)15-26(16-25)13-18(27)14-31-24-9-8-21(22-6-4-5-7-23(22)24)17-10-19(29-2)12-20(11-17)30-3/h4-12,18,27-28H,13-16H2,1-3H3. The molecular weight excluding hydrogens is 394 g/mol. The molecule has 0 amide bonds. The van der Waals surface area contributed by atoms with Gasteiger partial charge < -0.3 is 24.4 Å². The molecule has 1 saturated heterocycles. The predicted molar refractivity (Wildman–Crippen MR) is 121 cm³/mol. The average molecular weight is 424 g/mol. The number of benzene rings is 3. The van der Waals surface area contributed by atoms with Crippen molar-refractivity contribution in [1.82, 2.24) is 4.90 Å². The summed E-state index contributed by atoms with van der Waals surface area (Å²) in [7, 11) is 3.28. The molecule has 3 aromatic carbocycles. The Hall–Kier alpha value is -2.80. The van der Waals surface area contributed by atoms with Crippen molar-refractivity contribution in [3.05, 3.63) is 54.6 Å². The van der Waals surface area contributed by atoms with Crippen molar-refractivity contribution in [2.75, 3.05) is 40.5 Å². The lowest BCUT2D eigenvalue weighted by molar-refractivity contribution is -0.0978. The number of methoxy groups -OCH3 is 2. The maximum atomic E-state index is 10.4. The first kappa shape index (κ1) is 21.4. The van der Waals surface area contributed by atoms with Gasteiger partial charge in [0.15, 0.2) is 0 Å². The third-order valence-corrected chi connectivity index (χ3v) is 5.58. The minimum atomic E-state index is -0.643. The summed E-state index contributed by atoms with van der Waals surface area (Å²) in [5.41, 5.74) is 1.39. The molecular formula is C25H29NO5. The second-order valence-electron chi connectivity index (χ2n) is 8.39. The Morgan fingerprint density at radius 3 is 2.23 bits per heavy atom. The van der Waals surface area contributed by atoms with E-state index < -0.39 is 11.7 Å². The van der Waals surface area contributed by atoms with Crippen LogP contribution in [0.5, 0.6) is 17.2 Å². The van der Waals surface area contributed by atoms with Crippen LogP contribution in [-0.4, -0.2) is 67.3 Å². The fourth-order valence-electron chi connectivity index (χ4n) is 4.19. The van der Waals surface area contributed by atoms with Gasteiger partial charge in [0.05, 0.1) is 19.8 Å². The molecule has 6 heteroatoms. The van der Waals surface area contributed by atoms with E-state index in [1.54, 1.807) is 21.1 Å². The van der Waals surface area contributed by atoms with Crippen molar-refractivity contribution in [3.63, 3.8) is 0 Å². The molecule has 4 rings (SSSR count). The highest BCUT2D eigenvalue weighted by Crippen LogP contribution is 2.37. The van der Waals surface area contributed by atoms with Gasteiger partial charge >= 0.3 is 0 Å². The molecule has 1 unspecified atom stereocenters. The van der Waals surface area contributed by atoms with Crippen LogP contribution in [0.4, 0.5) is 0 Å². The molecule has 1 fully saturated rings. The highest BCUT2D eigenvalue weighted by atomic mass is 16.5. The molecule has 1 aliphatic rings. The molecule has 0 saturated carbocycles. The quantitative estimate of drug-likeness (QED) is 0.579. The van der Waals surface area contributed by atoms with Crippen LogP contribution in [0.3, 0.4) is 0 Å². The van der Waals surface area contributed by atoms with Crippen molar-refractivity contribution in [3.8, 4) is 28.4 Å². The summed E-state index contributed by atoms with van der Waals surface area (Å²) in [5, 5.41) is 22.2. The van der Waals surface area contributed by atoms with Crippen LogP contribution in [0.25, 0.3) is 21.9 Å². The zero-order chi connectivity index (χ0) is 22.0. The fourth-order valence-corrected chi connectivity index (χ4v) is 4.19. The van der Waals surface area contributed by atoms with Crippen molar-refractivity contribution >= 4 is 10.8 Å². The smallest absolute Gasteiger partial charge is 0.127 e. The van der Waals surface area contributed by atoms with Gasteiger partial charge in [-0.1, -0.05) is 30.3 Å². The van der Waals surface area contributed by atoms with Crippen LogP contribution in [-0.2, 0) is 0 Å². The molecule has 0 spiro atoms. The van der Waals surface area contributed by atoms with E-state index in [0.717, 1.165) is 39.1 Å². The van der Waals surface area contributed by atoms with Crippen LogP contribution in [0.15, 0.2) is 54.6 Å². The number of rotatable bonds is 8. The first-order valence-corrected chi connectivity index (χ1v) is 10.4. The van der Waals surface area contributed by atoms with Crippen LogP contribution in [0, 0.1) is 0 Å². The average Bonchev–Trinajstić information content (AvgIpc) is 2.75. The van der Waals surface area contributed by atoms with E-state index in [1.165, 1.54) is 0 Å². The second-order valence-corrected chi connectivity index (χ2v) is 8.39. The minimum Gasteiger partial charge on any atom is -0.497 e. The maximum Gasteiger partial charge on any atom is 0.127 e. The summed E-state index contributed by atoms with van der Waals surface area (Å²) in [5.74, 6) is 2.18. The number of likely N-dealkylation sites (tertiary alicyclic amines) is 1. The van der Waals surface area contributed by atoms with E-state index in [-0.39, 0.29) is 6.61 Å². The monoisotopic (exact) mass is 423 g/mol. The molecule has 6 nitrogen and oxygen atoms in total. The van der Waals surface area contributed by atoms with Gasteiger partial charge in [-0.2, -0.15) is 0 Å². The fraction of sp³-hybridized carbons (Fsp3) is 0.360. The third kappa shape index (κ3) is 4.77. The number of nitrogens with zero attached hydrogens (tertiary/aromatic N) is 1. The topological polar surface area (TPSA) is 71.4 Å². The van der Waals surface area contributed by atoms with Crippen LogP contribution in [0.1, 0.15) is 6.92 Å². The highest BCUT2D eigenvalue weighted by molar-refractivity contribution is 6.00. The maximum absolute atomic E-state index is 10.4. The normalized spacial score (nSPS) is 16.5. The van der Waals surface area contributed by atoms with Crippen molar-refractivity contribution in [2.24, 2.45) is 0 Å². The SMILES string of the molecule is COc1cc(OC)cc(-c2ccc(OCC(O)CN3CC(C)(O)C3)c3ccccc23)c1. The van der Waals surface area contributed by atoms with E-state index in [4.69, 9.17) is 14.2 Å². The molecule has 164 valence electrons. The zero-order valence-corrected chi connectivity index (χ0v) is 18.2. The number of hydrogen-bond acceptors (Lipinski definition) is 6. The summed E-state index contributed by atoms with van der Waals surface area (Å²) in [4.78, 5) is 2.02. The number of hydrogen-bond donors (Lipinski definition) is 2. The Labute approximate surface area is 182 Å². The molecule has 0 radical (unpaired) electrons. The molecule has 0 bridgehead atoms. The molecule has 1 heterocycles. The number of aliphatic hydroxyl groups excluding tert-OH is 1. The van der Waals surface area contributed by atoms with Crippen LogP contribution >= 0.6 is 0 Å².